The number of ether oxygens (including phenoxy) is 2. The molecule has 0 amide bonds. The number of nitrogens with zero attached hydrogens (tertiary/aromatic N) is 1. The second kappa shape index (κ2) is 5.87. The topological polar surface area (TPSA) is 80.3 Å². The third-order valence-corrected chi connectivity index (χ3v) is 5.03. The van der Waals surface area contributed by atoms with Crippen molar-refractivity contribution in [3.05, 3.63) is 23.8 Å². The van der Waals surface area contributed by atoms with Crippen LogP contribution < -0.4 is 11.1 Å². The summed E-state index contributed by atoms with van der Waals surface area (Å²) in [6.45, 7) is 2.42. The van der Waals surface area contributed by atoms with Crippen molar-refractivity contribution in [3.8, 4) is 6.07 Å². The molecule has 0 bridgehead atoms. The SMILES string of the molecule is C[C@@]1(CNc2cc(C#N)ccc2N)CC2(CCC1(F)F)OCCO2. The van der Waals surface area contributed by atoms with Gasteiger partial charge in [-0.2, -0.15) is 5.26 Å². The first-order valence-electron chi connectivity index (χ1n) is 7.99. The molecule has 1 saturated heterocycles. The largest absolute Gasteiger partial charge is 0.397 e. The predicted octanol–water partition coefficient (Wildman–Crippen LogP) is 3.12. The van der Waals surface area contributed by atoms with Crippen LogP contribution in [0.5, 0.6) is 0 Å². The van der Waals surface area contributed by atoms with Crippen molar-refractivity contribution >= 4 is 11.4 Å². The third-order valence-electron chi connectivity index (χ3n) is 5.03. The van der Waals surface area contributed by atoms with Gasteiger partial charge in [-0.3, -0.25) is 0 Å². The van der Waals surface area contributed by atoms with Crippen LogP contribution in [0.2, 0.25) is 0 Å². The van der Waals surface area contributed by atoms with Gasteiger partial charge in [0.15, 0.2) is 5.79 Å². The lowest BCUT2D eigenvalue weighted by molar-refractivity contribution is -0.257. The van der Waals surface area contributed by atoms with Crippen molar-refractivity contribution in [3.63, 3.8) is 0 Å². The van der Waals surface area contributed by atoms with Gasteiger partial charge >= 0.3 is 0 Å². The Hall–Kier alpha value is -1.91. The van der Waals surface area contributed by atoms with Crippen LogP contribution >= 0.6 is 0 Å². The normalized spacial score (nSPS) is 27.8. The number of anilines is 2. The lowest BCUT2D eigenvalue weighted by atomic mass is 9.69. The lowest BCUT2D eigenvalue weighted by Gasteiger charge is -2.48. The van der Waals surface area contributed by atoms with E-state index in [1.54, 1.807) is 18.2 Å². The van der Waals surface area contributed by atoms with Crippen LogP contribution in [0.15, 0.2) is 18.2 Å². The number of halogens is 2. The molecule has 1 heterocycles. The van der Waals surface area contributed by atoms with Crippen molar-refractivity contribution in [1.82, 2.24) is 0 Å². The minimum atomic E-state index is -2.85. The molecule has 0 aromatic heterocycles. The standard InChI is InChI=1S/C17H21F2N3O2/c1-15(11-22-14-8-12(9-20)2-3-13(14)21)10-16(23-6-7-24-16)4-5-17(15,18)19/h2-3,8,22H,4-7,10-11,21H2,1H3/t15-/m0/s1. The van der Waals surface area contributed by atoms with E-state index in [-0.39, 0.29) is 25.8 Å². The second-order valence-corrected chi connectivity index (χ2v) is 6.82. The van der Waals surface area contributed by atoms with Gasteiger partial charge in [0.25, 0.3) is 5.92 Å². The number of nitriles is 1. The van der Waals surface area contributed by atoms with Gasteiger partial charge in [-0.25, -0.2) is 8.78 Å². The van der Waals surface area contributed by atoms with E-state index in [1.807, 2.05) is 6.07 Å². The first kappa shape index (κ1) is 16.9. The highest BCUT2D eigenvalue weighted by Crippen LogP contribution is 2.53. The van der Waals surface area contributed by atoms with E-state index in [4.69, 9.17) is 20.5 Å². The van der Waals surface area contributed by atoms with E-state index >= 15 is 0 Å². The van der Waals surface area contributed by atoms with E-state index in [0.717, 1.165) is 0 Å². The van der Waals surface area contributed by atoms with E-state index < -0.39 is 17.1 Å². The monoisotopic (exact) mass is 337 g/mol. The molecule has 3 rings (SSSR count). The molecule has 7 heteroatoms. The molecule has 2 fully saturated rings. The maximum absolute atomic E-state index is 14.6. The highest BCUT2D eigenvalue weighted by molar-refractivity contribution is 5.68. The molecule has 1 atom stereocenters. The van der Waals surface area contributed by atoms with E-state index in [1.165, 1.54) is 6.92 Å². The molecule has 3 N–H and O–H groups in total. The molecule has 1 aliphatic heterocycles. The Bertz CT molecular complexity index is 668. The van der Waals surface area contributed by atoms with Gasteiger partial charge in [0.2, 0.25) is 0 Å². The molecule has 0 unspecified atom stereocenters. The molecule has 24 heavy (non-hydrogen) atoms. The number of nitrogens with one attached hydrogen (secondary N) is 1. The molecule has 130 valence electrons. The minimum absolute atomic E-state index is 0.00749. The fourth-order valence-corrected chi connectivity index (χ4v) is 3.47. The van der Waals surface area contributed by atoms with Crippen molar-refractivity contribution in [1.29, 1.82) is 5.26 Å². The summed E-state index contributed by atoms with van der Waals surface area (Å²) in [6, 6.07) is 6.76. The molecule has 1 saturated carbocycles. The van der Waals surface area contributed by atoms with Crippen molar-refractivity contribution < 1.29 is 18.3 Å². The fourth-order valence-electron chi connectivity index (χ4n) is 3.47. The Labute approximate surface area is 139 Å². The zero-order chi connectivity index (χ0) is 17.4. The molecule has 1 aromatic rings. The number of rotatable bonds is 3. The molecule has 1 aromatic carbocycles. The zero-order valence-corrected chi connectivity index (χ0v) is 13.6. The van der Waals surface area contributed by atoms with Crippen LogP contribution in [0.25, 0.3) is 0 Å². The molecule has 2 aliphatic rings. The number of benzene rings is 1. The maximum Gasteiger partial charge on any atom is 0.255 e. The summed E-state index contributed by atoms with van der Waals surface area (Å²) in [5.41, 5.74) is 5.86. The van der Waals surface area contributed by atoms with Crippen LogP contribution in [-0.4, -0.2) is 31.5 Å². The summed E-state index contributed by atoms with van der Waals surface area (Å²) in [7, 11) is 0. The van der Waals surface area contributed by atoms with Gasteiger partial charge in [0, 0.05) is 25.8 Å². The van der Waals surface area contributed by atoms with Crippen LogP contribution in [0.4, 0.5) is 20.2 Å². The summed E-state index contributed by atoms with van der Waals surface area (Å²) in [5.74, 6) is -3.75. The summed E-state index contributed by atoms with van der Waals surface area (Å²) in [4.78, 5) is 0. The average Bonchev–Trinajstić information content (AvgIpc) is 2.99. The fraction of sp³-hybridized carbons (Fsp3) is 0.588. The highest BCUT2D eigenvalue weighted by atomic mass is 19.3. The van der Waals surface area contributed by atoms with E-state index in [9.17, 15) is 8.78 Å². The van der Waals surface area contributed by atoms with Gasteiger partial charge in [0.05, 0.1) is 41.6 Å². The summed E-state index contributed by atoms with van der Waals surface area (Å²) >= 11 is 0. The summed E-state index contributed by atoms with van der Waals surface area (Å²) in [5, 5.41) is 12.0. The third kappa shape index (κ3) is 2.92. The maximum atomic E-state index is 14.6. The molecule has 0 radical (unpaired) electrons. The van der Waals surface area contributed by atoms with Crippen molar-refractivity contribution in [2.24, 2.45) is 5.41 Å². The number of nitrogens with two attached hydrogens (primary N) is 1. The van der Waals surface area contributed by atoms with Gasteiger partial charge in [-0.15, -0.1) is 0 Å². The first-order chi connectivity index (χ1) is 11.3. The van der Waals surface area contributed by atoms with Gasteiger partial charge < -0.3 is 20.5 Å². The van der Waals surface area contributed by atoms with Crippen molar-refractivity contribution in [2.75, 3.05) is 30.8 Å². The molecule has 1 aliphatic carbocycles. The Balaban J connectivity index is 1.79. The number of hydrogen-bond donors (Lipinski definition) is 2. The average molecular weight is 337 g/mol. The van der Waals surface area contributed by atoms with Crippen LogP contribution in [0.3, 0.4) is 0 Å². The number of nitrogen functional groups attached to an aromatic ring is 1. The zero-order valence-electron chi connectivity index (χ0n) is 13.6. The Kier molecular flexibility index (Phi) is 4.14. The number of hydrogen-bond acceptors (Lipinski definition) is 5. The van der Waals surface area contributed by atoms with E-state index in [0.29, 0.717) is 30.2 Å². The van der Waals surface area contributed by atoms with Crippen LogP contribution in [-0.2, 0) is 9.47 Å². The second-order valence-electron chi connectivity index (χ2n) is 6.82. The minimum Gasteiger partial charge on any atom is -0.397 e. The van der Waals surface area contributed by atoms with Gasteiger partial charge in [-0.1, -0.05) is 6.92 Å². The predicted molar refractivity (Wildman–Crippen MR) is 85.6 cm³/mol. The van der Waals surface area contributed by atoms with E-state index in [2.05, 4.69) is 5.32 Å². The molecular weight excluding hydrogens is 316 g/mol. The Morgan fingerprint density at radius 2 is 2.00 bits per heavy atom. The smallest absolute Gasteiger partial charge is 0.255 e. The van der Waals surface area contributed by atoms with Crippen LogP contribution in [0, 0.1) is 16.7 Å². The van der Waals surface area contributed by atoms with Crippen molar-refractivity contribution in [2.45, 2.75) is 37.9 Å². The van der Waals surface area contributed by atoms with Gasteiger partial charge in [0.1, 0.15) is 0 Å². The summed E-state index contributed by atoms with van der Waals surface area (Å²) < 4.78 is 40.5. The Morgan fingerprint density at radius 3 is 2.67 bits per heavy atom. The quantitative estimate of drug-likeness (QED) is 0.828. The van der Waals surface area contributed by atoms with Gasteiger partial charge in [-0.05, 0) is 18.2 Å². The Morgan fingerprint density at radius 1 is 1.29 bits per heavy atom. The highest BCUT2D eigenvalue weighted by Gasteiger charge is 2.60. The molecular formula is C17H21F2N3O2. The summed E-state index contributed by atoms with van der Waals surface area (Å²) in [6.07, 6.45) is 0.0262. The first-order valence-corrected chi connectivity index (χ1v) is 7.99. The molecule has 5 nitrogen and oxygen atoms in total. The lowest BCUT2D eigenvalue weighted by Crippen LogP contribution is -2.55. The van der Waals surface area contributed by atoms with Crippen LogP contribution in [0.1, 0.15) is 31.7 Å². The number of alkyl halides is 2. The molecule has 1 spiro atoms.